The monoisotopic (exact) mass is 439 g/mol. The molecule has 0 unspecified atom stereocenters. The Bertz CT molecular complexity index is 953. The van der Waals surface area contributed by atoms with Gasteiger partial charge in [0.05, 0.1) is 11.9 Å². The molecule has 2 aromatic rings. The number of aryl methyl sites for hydroxylation is 1. The Balaban J connectivity index is 1.55. The summed E-state index contributed by atoms with van der Waals surface area (Å²) < 4.78 is 5.42. The summed E-state index contributed by atoms with van der Waals surface area (Å²) in [6, 6.07) is 9.37. The minimum atomic E-state index is -0.499. The molecule has 3 rings (SSSR count). The van der Waals surface area contributed by atoms with E-state index in [0.29, 0.717) is 12.2 Å². The first-order valence-corrected chi connectivity index (χ1v) is 10.9. The van der Waals surface area contributed by atoms with E-state index < -0.39 is 5.60 Å². The summed E-state index contributed by atoms with van der Waals surface area (Å²) in [6.45, 7) is 10.5. The third-order valence-corrected chi connectivity index (χ3v) is 5.22. The molecule has 0 aliphatic carbocycles. The van der Waals surface area contributed by atoms with Crippen LogP contribution >= 0.6 is 0 Å². The molecule has 0 saturated carbocycles. The Hall–Kier alpha value is -3.13. The normalized spacial score (nSPS) is 13.8. The molecule has 0 atom stereocenters. The number of fused-ring (bicyclic) bond motifs is 1. The Labute approximate surface area is 190 Å². The van der Waals surface area contributed by atoms with Gasteiger partial charge in [0.1, 0.15) is 5.60 Å². The molecule has 1 aliphatic heterocycles. The second-order valence-corrected chi connectivity index (χ2v) is 9.14. The van der Waals surface area contributed by atoms with E-state index in [-0.39, 0.29) is 12.1 Å². The fourth-order valence-electron chi connectivity index (χ4n) is 3.52. The van der Waals surface area contributed by atoms with Gasteiger partial charge in [0.15, 0.2) is 0 Å². The first-order valence-electron chi connectivity index (χ1n) is 10.9. The van der Waals surface area contributed by atoms with E-state index in [9.17, 15) is 9.59 Å². The van der Waals surface area contributed by atoms with Gasteiger partial charge in [0.25, 0.3) is 0 Å². The van der Waals surface area contributed by atoms with Crippen LogP contribution in [0.4, 0.5) is 21.0 Å². The van der Waals surface area contributed by atoms with Gasteiger partial charge in [-0.1, -0.05) is 12.1 Å². The molecular weight excluding hydrogens is 406 g/mol. The minimum absolute atomic E-state index is 0.287. The van der Waals surface area contributed by atoms with Crippen LogP contribution in [0, 0.1) is 6.92 Å². The zero-order chi connectivity index (χ0) is 23.3. The number of carbonyl (C=O) groups excluding carboxylic acids is 2. The lowest BCUT2D eigenvalue weighted by molar-refractivity contribution is 0.0281. The van der Waals surface area contributed by atoms with Crippen LogP contribution < -0.4 is 10.6 Å². The third kappa shape index (κ3) is 6.68. The standard InChI is InChI=1S/C24H33N5O3/c1-17-9-10-19(15-25-17)26-22(30)27-21-8-6-7-18-16-29(12-11-20(18)21)14-13-28(5)23(31)32-24(2,3)4/h6-10,15H,11-14,16H2,1-5H3,(H2,26,27,30). The van der Waals surface area contributed by atoms with Crippen molar-refractivity contribution in [1.82, 2.24) is 14.8 Å². The van der Waals surface area contributed by atoms with Gasteiger partial charge in [-0.3, -0.25) is 9.88 Å². The lowest BCUT2D eigenvalue weighted by Crippen LogP contribution is -2.40. The number of rotatable bonds is 5. The number of anilines is 2. The molecule has 32 heavy (non-hydrogen) atoms. The highest BCUT2D eigenvalue weighted by Crippen LogP contribution is 2.26. The summed E-state index contributed by atoms with van der Waals surface area (Å²) in [4.78, 5) is 32.7. The largest absolute Gasteiger partial charge is 0.444 e. The van der Waals surface area contributed by atoms with Crippen molar-refractivity contribution in [2.45, 2.75) is 46.3 Å². The van der Waals surface area contributed by atoms with E-state index in [1.165, 1.54) is 5.56 Å². The van der Waals surface area contributed by atoms with Crippen molar-refractivity contribution in [3.05, 3.63) is 53.3 Å². The van der Waals surface area contributed by atoms with Crippen LogP contribution in [-0.2, 0) is 17.7 Å². The molecule has 0 bridgehead atoms. The number of pyridine rings is 1. The summed E-state index contributed by atoms with van der Waals surface area (Å²) >= 11 is 0. The highest BCUT2D eigenvalue weighted by molar-refractivity contribution is 6.00. The van der Waals surface area contributed by atoms with Crippen LogP contribution in [0.3, 0.4) is 0 Å². The molecule has 2 N–H and O–H groups in total. The molecule has 1 aliphatic rings. The van der Waals surface area contributed by atoms with Crippen molar-refractivity contribution < 1.29 is 14.3 Å². The number of nitrogens with one attached hydrogen (secondary N) is 2. The van der Waals surface area contributed by atoms with Gasteiger partial charge in [-0.2, -0.15) is 0 Å². The SMILES string of the molecule is Cc1ccc(NC(=O)Nc2cccc3c2CCN(CCN(C)C(=O)OC(C)(C)C)C3)cn1. The van der Waals surface area contributed by atoms with E-state index in [1.54, 1.807) is 18.1 Å². The number of carbonyl (C=O) groups is 2. The van der Waals surface area contributed by atoms with Crippen LogP contribution in [-0.4, -0.2) is 59.2 Å². The third-order valence-electron chi connectivity index (χ3n) is 5.22. The average Bonchev–Trinajstić information content (AvgIpc) is 2.72. The smallest absolute Gasteiger partial charge is 0.410 e. The van der Waals surface area contributed by atoms with Gasteiger partial charge < -0.3 is 20.3 Å². The number of ether oxygens (including phenoxy) is 1. The molecule has 3 amide bonds. The summed E-state index contributed by atoms with van der Waals surface area (Å²) in [5.74, 6) is 0. The van der Waals surface area contributed by atoms with Crippen LogP contribution in [0.15, 0.2) is 36.5 Å². The number of hydrogen-bond donors (Lipinski definition) is 2. The molecule has 2 heterocycles. The Morgan fingerprint density at radius 3 is 2.66 bits per heavy atom. The van der Waals surface area contributed by atoms with E-state index in [2.05, 4.69) is 26.6 Å². The molecule has 0 fully saturated rings. The Kier molecular flexibility index (Phi) is 7.35. The predicted molar refractivity (Wildman–Crippen MR) is 126 cm³/mol. The minimum Gasteiger partial charge on any atom is -0.444 e. The highest BCUT2D eigenvalue weighted by atomic mass is 16.6. The van der Waals surface area contributed by atoms with E-state index >= 15 is 0 Å². The molecule has 0 radical (unpaired) electrons. The maximum atomic E-state index is 12.4. The number of urea groups is 1. The maximum Gasteiger partial charge on any atom is 0.410 e. The van der Waals surface area contributed by atoms with Gasteiger partial charge in [0, 0.05) is 44.6 Å². The molecule has 8 heteroatoms. The molecule has 1 aromatic heterocycles. The van der Waals surface area contributed by atoms with Gasteiger partial charge >= 0.3 is 12.1 Å². The quantitative estimate of drug-likeness (QED) is 0.727. The van der Waals surface area contributed by atoms with Gasteiger partial charge in [-0.05, 0) is 63.4 Å². The number of likely N-dealkylation sites (N-methyl/N-ethyl adjacent to an activating group) is 1. The van der Waals surface area contributed by atoms with Crippen molar-refractivity contribution in [2.24, 2.45) is 0 Å². The Morgan fingerprint density at radius 2 is 1.97 bits per heavy atom. The highest BCUT2D eigenvalue weighted by Gasteiger charge is 2.22. The lowest BCUT2D eigenvalue weighted by Gasteiger charge is -2.32. The Morgan fingerprint density at radius 1 is 1.19 bits per heavy atom. The number of aromatic nitrogens is 1. The summed E-state index contributed by atoms with van der Waals surface area (Å²) in [5.41, 5.74) is 4.22. The summed E-state index contributed by atoms with van der Waals surface area (Å²) in [5, 5.41) is 5.79. The van der Waals surface area contributed by atoms with Crippen LogP contribution in [0.25, 0.3) is 0 Å². The van der Waals surface area contributed by atoms with Crippen LogP contribution in [0.1, 0.15) is 37.6 Å². The van der Waals surface area contributed by atoms with Gasteiger partial charge in [-0.25, -0.2) is 9.59 Å². The average molecular weight is 440 g/mol. The van der Waals surface area contributed by atoms with Gasteiger partial charge in [-0.15, -0.1) is 0 Å². The maximum absolute atomic E-state index is 12.4. The molecule has 0 spiro atoms. The number of hydrogen-bond acceptors (Lipinski definition) is 5. The zero-order valence-electron chi connectivity index (χ0n) is 19.6. The number of benzene rings is 1. The topological polar surface area (TPSA) is 86.8 Å². The van der Waals surface area contributed by atoms with Crippen molar-refractivity contribution in [3.63, 3.8) is 0 Å². The number of amides is 3. The van der Waals surface area contributed by atoms with E-state index in [0.717, 1.165) is 43.0 Å². The number of nitrogens with zero attached hydrogens (tertiary/aromatic N) is 3. The molecule has 172 valence electrons. The second kappa shape index (κ2) is 9.99. The van der Waals surface area contributed by atoms with Gasteiger partial charge in [0.2, 0.25) is 0 Å². The fraction of sp³-hybridized carbons (Fsp3) is 0.458. The lowest BCUT2D eigenvalue weighted by atomic mass is 9.97. The van der Waals surface area contributed by atoms with E-state index in [1.807, 2.05) is 52.0 Å². The van der Waals surface area contributed by atoms with Crippen molar-refractivity contribution in [2.75, 3.05) is 37.3 Å². The van der Waals surface area contributed by atoms with Crippen molar-refractivity contribution >= 4 is 23.5 Å². The molecule has 0 saturated heterocycles. The fourth-order valence-corrected chi connectivity index (χ4v) is 3.52. The first kappa shape index (κ1) is 23.5. The second-order valence-electron chi connectivity index (χ2n) is 9.14. The van der Waals surface area contributed by atoms with Crippen LogP contribution in [0.2, 0.25) is 0 Å². The van der Waals surface area contributed by atoms with Crippen molar-refractivity contribution in [3.8, 4) is 0 Å². The summed E-state index contributed by atoms with van der Waals surface area (Å²) in [7, 11) is 1.76. The van der Waals surface area contributed by atoms with Crippen LogP contribution in [0.5, 0.6) is 0 Å². The molecule has 1 aromatic carbocycles. The van der Waals surface area contributed by atoms with Crippen molar-refractivity contribution in [1.29, 1.82) is 0 Å². The predicted octanol–water partition coefficient (Wildman–Crippen LogP) is 4.26. The van der Waals surface area contributed by atoms with E-state index in [4.69, 9.17) is 4.74 Å². The summed E-state index contributed by atoms with van der Waals surface area (Å²) in [6.07, 6.45) is 2.16. The molecule has 8 nitrogen and oxygen atoms in total. The zero-order valence-corrected chi connectivity index (χ0v) is 19.6. The molecular formula is C24H33N5O3. The first-order chi connectivity index (χ1) is 15.1.